The molecule has 0 radical (unpaired) electrons. The van der Waals surface area contributed by atoms with Gasteiger partial charge in [0.25, 0.3) is 0 Å². The Bertz CT molecular complexity index is 714. The molecule has 0 spiro atoms. The molecule has 0 aliphatic rings. The smallest absolute Gasteiger partial charge is 0.387 e. The van der Waals surface area contributed by atoms with Gasteiger partial charge in [0.05, 0.1) is 6.54 Å². The Labute approximate surface area is 156 Å². The molecule has 1 heterocycles. The topological polar surface area (TPSA) is 58.5 Å². The molecular weight excluding hydrogens is 362 g/mol. The summed E-state index contributed by atoms with van der Waals surface area (Å²) in [6, 6.07) is 8.38. The number of rotatable bonds is 8. The molecule has 1 aromatic heterocycles. The van der Waals surface area contributed by atoms with E-state index >= 15 is 0 Å². The van der Waals surface area contributed by atoms with Crippen LogP contribution in [0.5, 0.6) is 5.75 Å². The lowest BCUT2D eigenvalue weighted by Gasteiger charge is -2.13. The van der Waals surface area contributed by atoms with Gasteiger partial charge in [-0.25, -0.2) is 4.99 Å². The van der Waals surface area contributed by atoms with E-state index in [1.807, 2.05) is 25.3 Å². The molecule has 0 saturated heterocycles. The molecule has 26 heavy (non-hydrogen) atoms. The highest BCUT2D eigenvalue weighted by Gasteiger charge is 2.10. The van der Waals surface area contributed by atoms with Crippen molar-refractivity contribution in [1.29, 1.82) is 0 Å². The van der Waals surface area contributed by atoms with E-state index < -0.39 is 6.61 Å². The summed E-state index contributed by atoms with van der Waals surface area (Å²) in [6.07, 6.45) is 4.33. The lowest BCUT2D eigenvalue weighted by Crippen LogP contribution is -2.38. The van der Waals surface area contributed by atoms with Gasteiger partial charge in [0.15, 0.2) is 5.96 Å². The second kappa shape index (κ2) is 10.6. The Morgan fingerprint density at radius 1 is 1.31 bits per heavy atom. The van der Waals surface area contributed by atoms with Crippen LogP contribution in [-0.4, -0.2) is 30.6 Å². The number of nitrogens with one attached hydrogen (secondary N) is 2. The Hall–Kier alpha value is -2.41. The SMILES string of the molecule is CCNC(=NCc1cc(Cl)ccc1OC(F)F)NCCc1cccnc1. The van der Waals surface area contributed by atoms with Gasteiger partial charge in [-0.3, -0.25) is 4.98 Å². The number of benzene rings is 1. The Balaban J connectivity index is 2.00. The zero-order valence-electron chi connectivity index (χ0n) is 14.4. The molecule has 0 fully saturated rings. The van der Waals surface area contributed by atoms with E-state index in [1.54, 1.807) is 12.3 Å². The van der Waals surface area contributed by atoms with Gasteiger partial charge in [0.1, 0.15) is 5.75 Å². The molecule has 2 aromatic rings. The molecule has 0 saturated carbocycles. The Kier molecular flexibility index (Phi) is 8.08. The highest BCUT2D eigenvalue weighted by Crippen LogP contribution is 2.25. The average Bonchev–Trinajstić information content (AvgIpc) is 2.62. The highest BCUT2D eigenvalue weighted by atomic mass is 35.5. The molecule has 2 rings (SSSR count). The van der Waals surface area contributed by atoms with Gasteiger partial charge in [-0.1, -0.05) is 17.7 Å². The van der Waals surface area contributed by atoms with E-state index in [4.69, 9.17) is 11.6 Å². The largest absolute Gasteiger partial charge is 0.434 e. The molecule has 8 heteroatoms. The Morgan fingerprint density at radius 2 is 2.15 bits per heavy atom. The first-order valence-corrected chi connectivity index (χ1v) is 8.60. The minimum atomic E-state index is -2.90. The van der Waals surface area contributed by atoms with Crippen LogP contribution in [0.25, 0.3) is 0 Å². The minimum absolute atomic E-state index is 0.0689. The van der Waals surface area contributed by atoms with Gasteiger partial charge in [0, 0.05) is 36.1 Å². The molecule has 0 amide bonds. The zero-order valence-corrected chi connectivity index (χ0v) is 15.1. The van der Waals surface area contributed by atoms with Crippen LogP contribution in [0.1, 0.15) is 18.1 Å². The number of aliphatic imine (C=N–C) groups is 1. The van der Waals surface area contributed by atoms with Crippen molar-refractivity contribution in [3.63, 3.8) is 0 Å². The third kappa shape index (κ3) is 6.84. The predicted molar refractivity (Wildman–Crippen MR) is 98.8 cm³/mol. The second-order valence-corrected chi connectivity index (χ2v) is 5.80. The number of guanidine groups is 1. The van der Waals surface area contributed by atoms with Crippen LogP contribution in [0, 0.1) is 0 Å². The van der Waals surface area contributed by atoms with Crippen LogP contribution < -0.4 is 15.4 Å². The third-order valence-corrected chi connectivity index (χ3v) is 3.65. The second-order valence-electron chi connectivity index (χ2n) is 5.36. The van der Waals surface area contributed by atoms with Crippen molar-refractivity contribution in [3.05, 3.63) is 58.9 Å². The van der Waals surface area contributed by atoms with Gasteiger partial charge in [-0.2, -0.15) is 8.78 Å². The summed E-state index contributed by atoms with van der Waals surface area (Å²) in [6.45, 7) is 0.542. The Morgan fingerprint density at radius 3 is 2.85 bits per heavy atom. The molecule has 140 valence electrons. The molecule has 2 N–H and O–H groups in total. The van der Waals surface area contributed by atoms with Gasteiger partial charge < -0.3 is 15.4 Å². The van der Waals surface area contributed by atoms with Gasteiger partial charge in [-0.15, -0.1) is 0 Å². The number of pyridine rings is 1. The molecule has 0 aliphatic heterocycles. The first-order chi connectivity index (χ1) is 12.6. The quantitative estimate of drug-likeness (QED) is 0.540. The van der Waals surface area contributed by atoms with Gasteiger partial charge in [0.2, 0.25) is 0 Å². The average molecular weight is 383 g/mol. The summed E-state index contributed by atoms with van der Waals surface area (Å²) in [5.41, 5.74) is 1.60. The standard InChI is InChI=1S/C18H21ClF2N4O/c1-2-23-18(24-9-7-13-4-3-8-22-11-13)25-12-14-10-15(19)5-6-16(14)26-17(20)21/h3-6,8,10-11,17H,2,7,9,12H2,1H3,(H2,23,24,25). The third-order valence-electron chi connectivity index (χ3n) is 3.42. The maximum Gasteiger partial charge on any atom is 0.387 e. The number of aromatic nitrogens is 1. The molecule has 0 atom stereocenters. The number of nitrogens with zero attached hydrogens (tertiary/aromatic N) is 2. The van der Waals surface area contributed by atoms with E-state index in [9.17, 15) is 8.78 Å². The molecule has 0 bridgehead atoms. The summed E-state index contributed by atoms with van der Waals surface area (Å²) >= 11 is 5.95. The van der Waals surface area contributed by atoms with Crippen molar-refractivity contribution in [3.8, 4) is 5.75 Å². The minimum Gasteiger partial charge on any atom is -0.434 e. The summed E-state index contributed by atoms with van der Waals surface area (Å²) < 4.78 is 29.6. The number of alkyl halides is 2. The summed E-state index contributed by atoms with van der Waals surface area (Å²) in [5, 5.41) is 6.76. The van der Waals surface area contributed by atoms with E-state index in [-0.39, 0.29) is 12.3 Å². The van der Waals surface area contributed by atoms with Gasteiger partial charge in [-0.05, 0) is 43.2 Å². The van der Waals surface area contributed by atoms with Crippen LogP contribution in [0.4, 0.5) is 8.78 Å². The normalized spacial score (nSPS) is 11.5. The fourth-order valence-electron chi connectivity index (χ4n) is 2.26. The first-order valence-electron chi connectivity index (χ1n) is 8.22. The van der Waals surface area contributed by atoms with Crippen LogP contribution >= 0.6 is 11.6 Å². The van der Waals surface area contributed by atoms with E-state index in [0.717, 1.165) is 12.0 Å². The van der Waals surface area contributed by atoms with Crippen molar-refractivity contribution < 1.29 is 13.5 Å². The summed E-state index contributed by atoms with van der Waals surface area (Å²) in [4.78, 5) is 8.49. The molecule has 1 aromatic carbocycles. The van der Waals surface area contributed by atoms with Crippen molar-refractivity contribution in [2.24, 2.45) is 4.99 Å². The van der Waals surface area contributed by atoms with E-state index in [1.165, 1.54) is 12.1 Å². The molecule has 5 nitrogen and oxygen atoms in total. The van der Waals surface area contributed by atoms with Crippen molar-refractivity contribution in [2.45, 2.75) is 26.5 Å². The van der Waals surface area contributed by atoms with E-state index in [2.05, 4.69) is 25.3 Å². The monoisotopic (exact) mass is 382 g/mol. The summed E-state index contributed by atoms with van der Waals surface area (Å²) in [5.74, 6) is 0.652. The number of ether oxygens (including phenoxy) is 1. The van der Waals surface area contributed by atoms with Crippen LogP contribution in [0.15, 0.2) is 47.7 Å². The van der Waals surface area contributed by atoms with Crippen LogP contribution in [0.2, 0.25) is 5.02 Å². The lowest BCUT2D eigenvalue weighted by atomic mass is 10.2. The number of halogens is 3. The number of hydrogen-bond acceptors (Lipinski definition) is 3. The maximum absolute atomic E-state index is 12.5. The fourth-order valence-corrected chi connectivity index (χ4v) is 2.45. The maximum atomic E-state index is 12.5. The highest BCUT2D eigenvalue weighted by molar-refractivity contribution is 6.30. The lowest BCUT2D eigenvalue weighted by molar-refractivity contribution is -0.0504. The van der Waals surface area contributed by atoms with E-state index in [0.29, 0.717) is 29.6 Å². The van der Waals surface area contributed by atoms with Crippen molar-refractivity contribution in [1.82, 2.24) is 15.6 Å². The summed E-state index contributed by atoms with van der Waals surface area (Å²) in [7, 11) is 0. The zero-order chi connectivity index (χ0) is 18.8. The van der Waals surface area contributed by atoms with Crippen LogP contribution in [0.3, 0.4) is 0 Å². The first kappa shape index (κ1) is 19.9. The van der Waals surface area contributed by atoms with Crippen molar-refractivity contribution >= 4 is 17.6 Å². The van der Waals surface area contributed by atoms with Gasteiger partial charge >= 0.3 is 6.61 Å². The van der Waals surface area contributed by atoms with Crippen molar-refractivity contribution in [2.75, 3.05) is 13.1 Å². The molecule has 0 aliphatic carbocycles. The fraction of sp³-hybridized carbons (Fsp3) is 0.333. The molecular formula is C18H21ClF2N4O. The molecule has 0 unspecified atom stereocenters. The number of hydrogen-bond donors (Lipinski definition) is 2. The van der Waals surface area contributed by atoms with Crippen LogP contribution in [-0.2, 0) is 13.0 Å². The predicted octanol–water partition coefficient (Wildman–Crippen LogP) is 3.63.